The SMILES string of the molecule is C[Si]1(C)C(c2ccc3ccncc3c2)=C(c2ccccc2)C(c2ccccc2)=C1c1ccc2ccncc2c1. The van der Waals surface area contributed by atoms with Crippen molar-refractivity contribution in [2.24, 2.45) is 0 Å². The van der Waals surface area contributed by atoms with Crippen molar-refractivity contribution in [1.29, 1.82) is 0 Å². The minimum Gasteiger partial charge on any atom is -0.264 e. The van der Waals surface area contributed by atoms with Crippen LogP contribution in [-0.2, 0) is 0 Å². The number of nitrogens with zero attached hydrogens (tertiary/aromatic N) is 2. The fourth-order valence-corrected chi connectivity index (χ4v) is 10.1. The van der Waals surface area contributed by atoms with E-state index in [4.69, 9.17) is 0 Å². The molecular formula is C36H28N2Si. The molecule has 2 aromatic heterocycles. The zero-order chi connectivity index (χ0) is 26.4. The molecule has 186 valence electrons. The van der Waals surface area contributed by atoms with E-state index in [0.29, 0.717) is 0 Å². The van der Waals surface area contributed by atoms with Crippen molar-refractivity contribution < 1.29 is 0 Å². The molecule has 0 bridgehead atoms. The Balaban J connectivity index is 1.59. The Hall–Kier alpha value is -4.60. The summed E-state index contributed by atoms with van der Waals surface area (Å²) >= 11 is 0. The highest BCUT2D eigenvalue weighted by Crippen LogP contribution is 2.55. The van der Waals surface area contributed by atoms with Gasteiger partial charge in [0.1, 0.15) is 8.07 Å². The summed E-state index contributed by atoms with van der Waals surface area (Å²) in [5, 5.41) is 7.72. The van der Waals surface area contributed by atoms with Crippen LogP contribution in [0.3, 0.4) is 0 Å². The second-order valence-electron chi connectivity index (χ2n) is 10.7. The predicted molar refractivity (Wildman–Crippen MR) is 167 cm³/mol. The predicted octanol–water partition coefficient (Wildman–Crippen LogP) is 9.11. The van der Waals surface area contributed by atoms with Gasteiger partial charge < -0.3 is 0 Å². The molecule has 2 nitrogen and oxygen atoms in total. The van der Waals surface area contributed by atoms with Crippen molar-refractivity contribution >= 4 is 51.2 Å². The van der Waals surface area contributed by atoms with Crippen LogP contribution in [-0.4, -0.2) is 18.0 Å². The lowest BCUT2D eigenvalue weighted by atomic mass is 9.89. The highest BCUT2D eigenvalue weighted by atomic mass is 28.3. The summed E-state index contributed by atoms with van der Waals surface area (Å²) in [6.07, 6.45) is 7.70. The normalized spacial score (nSPS) is 14.9. The molecule has 0 N–H and O–H groups in total. The molecule has 4 aromatic carbocycles. The van der Waals surface area contributed by atoms with E-state index in [1.54, 1.807) is 0 Å². The van der Waals surface area contributed by atoms with Crippen LogP contribution in [0.1, 0.15) is 22.3 Å². The second-order valence-corrected chi connectivity index (χ2v) is 15.0. The Kier molecular flexibility index (Phi) is 5.61. The lowest BCUT2D eigenvalue weighted by molar-refractivity contribution is 1.36. The van der Waals surface area contributed by atoms with Crippen molar-refractivity contribution in [3.63, 3.8) is 0 Å². The molecule has 0 radical (unpaired) electrons. The van der Waals surface area contributed by atoms with E-state index in [1.165, 1.54) is 65.3 Å². The molecule has 0 amide bonds. The van der Waals surface area contributed by atoms with Gasteiger partial charge in [0, 0.05) is 35.6 Å². The minimum absolute atomic E-state index is 1.17. The topological polar surface area (TPSA) is 25.8 Å². The number of benzene rings is 4. The summed E-state index contributed by atoms with van der Waals surface area (Å²) in [5.41, 5.74) is 7.80. The highest BCUT2D eigenvalue weighted by Gasteiger charge is 2.43. The Labute approximate surface area is 230 Å². The van der Waals surface area contributed by atoms with Crippen LogP contribution in [0.5, 0.6) is 0 Å². The second kappa shape index (κ2) is 9.30. The first-order valence-electron chi connectivity index (χ1n) is 13.4. The number of rotatable bonds is 4. The van der Waals surface area contributed by atoms with Gasteiger partial charge in [-0.25, -0.2) is 0 Å². The van der Waals surface area contributed by atoms with Crippen molar-refractivity contribution in [3.8, 4) is 0 Å². The monoisotopic (exact) mass is 516 g/mol. The molecule has 0 unspecified atom stereocenters. The van der Waals surface area contributed by atoms with Crippen molar-refractivity contribution in [3.05, 3.63) is 156 Å². The first-order valence-corrected chi connectivity index (χ1v) is 16.4. The Morgan fingerprint density at radius 1 is 0.436 bits per heavy atom. The average molecular weight is 517 g/mol. The fourth-order valence-electron chi connectivity index (χ4n) is 6.28. The molecule has 3 heteroatoms. The number of pyridine rings is 2. The lowest BCUT2D eigenvalue weighted by Gasteiger charge is -2.27. The molecule has 1 aliphatic heterocycles. The summed E-state index contributed by atoms with van der Waals surface area (Å²) in [4.78, 5) is 8.85. The quantitative estimate of drug-likeness (QED) is 0.218. The van der Waals surface area contributed by atoms with Gasteiger partial charge in [-0.15, -0.1) is 0 Å². The molecule has 3 heterocycles. The van der Waals surface area contributed by atoms with Crippen LogP contribution in [0.2, 0.25) is 13.1 Å². The van der Waals surface area contributed by atoms with Crippen LogP contribution in [0, 0.1) is 0 Å². The first kappa shape index (κ1) is 23.5. The average Bonchev–Trinajstić information content (AvgIpc) is 3.24. The fraction of sp³-hybridized carbons (Fsp3) is 0.0556. The van der Waals surface area contributed by atoms with E-state index in [1.807, 2.05) is 24.8 Å². The third kappa shape index (κ3) is 3.94. The minimum atomic E-state index is -2.23. The Bertz CT molecular complexity index is 1780. The van der Waals surface area contributed by atoms with Crippen LogP contribution in [0.25, 0.3) is 43.1 Å². The molecule has 7 rings (SSSR count). The molecule has 0 fully saturated rings. The third-order valence-corrected chi connectivity index (χ3v) is 11.6. The molecule has 1 aliphatic rings. The van der Waals surface area contributed by atoms with Crippen molar-refractivity contribution in [2.75, 3.05) is 0 Å². The number of hydrogen-bond acceptors (Lipinski definition) is 2. The molecular weight excluding hydrogens is 488 g/mol. The van der Waals surface area contributed by atoms with Gasteiger partial charge in [-0.2, -0.15) is 0 Å². The van der Waals surface area contributed by atoms with Gasteiger partial charge in [0.2, 0.25) is 0 Å². The van der Waals surface area contributed by atoms with Gasteiger partial charge in [0.05, 0.1) is 0 Å². The van der Waals surface area contributed by atoms with E-state index in [2.05, 4.69) is 132 Å². The van der Waals surface area contributed by atoms with Crippen LogP contribution in [0.15, 0.2) is 134 Å². The molecule has 0 atom stereocenters. The summed E-state index contributed by atoms with van der Waals surface area (Å²) in [5.74, 6) is 0. The van der Waals surface area contributed by atoms with E-state index in [0.717, 1.165) is 0 Å². The van der Waals surface area contributed by atoms with Gasteiger partial charge in [-0.3, -0.25) is 9.97 Å². The summed E-state index contributed by atoms with van der Waals surface area (Å²) in [6, 6.07) is 39.8. The van der Waals surface area contributed by atoms with E-state index < -0.39 is 8.07 Å². The van der Waals surface area contributed by atoms with Gasteiger partial charge in [-0.1, -0.05) is 98.0 Å². The molecule has 6 aromatic rings. The van der Waals surface area contributed by atoms with Gasteiger partial charge in [0.25, 0.3) is 0 Å². The maximum absolute atomic E-state index is 4.43. The summed E-state index contributed by atoms with van der Waals surface area (Å²) < 4.78 is 0. The Morgan fingerprint density at radius 2 is 0.872 bits per heavy atom. The largest absolute Gasteiger partial charge is 0.264 e. The van der Waals surface area contributed by atoms with Crippen LogP contribution >= 0.6 is 0 Å². The Morgan fingerprint density at radius 3 is 1.31 bits per heavy atom. The standard InChI is InChI=1S/C36H28N2Si/c1-39(2)35(29-15-13-25-17-19-37-23-31(25)21-29)33(27-9-5-3-6-10-27)34(28-11-7-4-8-12-28)36(39)30-16-14-26-18-20-38-24-32(26)22-30/h3-24H,1-2H3. The number of hydrogen-bond donors (Lipinski definition) is 0. The molecule has 0 aliphatic carbocycles. The molecule has 0 saturated heterocycles. The summed E-state index contributed by atoms with van der Waals surface area (Å²) in [6.45, 7) is 5.02. The zero-order valence-electron chi connectivity index (χ0n) is 22.1. The molecule has 0 saturated carbocycles. The molecule has 39 heavy (non-hydrogen) atoms. The van der Waals surface area contributed by atoms with Gasteiger partial charge in [0.15, 0.2) is 0 Å². The smallest absolute Gasteiger partial charge is 0.115 e. The van der Waals surface area contributed by atoms with E-state index in [-0.39, 0.29) is 0 Å². The maximum Gasteiger partial charge on any atom is 0.115 e. The van der Waals surface area contributed by atoms with Crippen LogP contribution < -0.4 is 0 Å². The number of aromatic nitrogens is 2. The first-order chi connectivity index (χ1) is 19.1. The third-order valence-electron chi connectivity index (χ3n) is 7.98. The number of fused-ring (bicyclic) bond motifs is 2. The van der Waals surface area contributed by atoms with Gasteiger partial charge >= 0.3 is 0 Å². The molecule has 0 spiro atoms. The summed E-state index contributed by atoms with van der Waals surface area (Å²) in [7, 11) is -2.23. The number of allylic oxidation sites excluding steroid dienone is 2. The van der Waals surface area contributed by atoms with Crippen molar-refractivity contribution in [1.82, 2.24) is 9.97 Å². The van der Waals surface area contributed by atoms with Crippen LogP contribution in [0.4, 0.5) is 0 Å². The van der Waals surface area contributed by atoms with E-state index in [9.17, 15) is 0 Å². The van der Waals surface area contributed by atoms with Crippen molar-refractivity contribution in [2.45, 2.75) is 13.1 Å². The van der Waals surface area contributed by atoms with E-state index >= 15 is 0 Å². The lowest BCUT2D eigenvalue weighted by Crippen LogP contribution is -2.28. The highest BCUT2D eigenvalue weighted by molar-refractivity contribution is 7.13. The maximum atomic E-state index is 4.43. The van der Waals surface area contributed by atoms with Gasteiger partial charge in [-0.05, 0) is 78.8 Å². The zero-order valence-corrected chi connectivity index (χ0v) is 23.1.